The van der Waals surface area contributed by atoms with Gasteiger partial charge in [-0.15, -0.1) is 0 Å². The summed E-state index contributed by atoms with van der Waals surface area (Å²) in [6, 6.07) is 10.0. The lowest BCUT2D eigenvalue weighted by Gasteiger charge is -2.33. The molecule has 0 radical (unpaired) electrons. The molecule has 0 saturated carbocycles. The summed E-state index contributed by atoms with van der Waals surface area (Å²) in [4.78, 5) is 14.5. The first kappa shape index (κ1) is 17.4. The molecule has 1 fully saturated rings. The Morgan fingerprint density at radius 1 is 1.24 bits per heavy atom. The number of rotatable bonds is 6. The van der Waals surface area contributed by atoms with Gasteiger partial charge >= 0.3 is 0 Å². The molecule has 5 heteroatoms. The van der Waals surface area contributed by atoms with Crippen LogP contribution in [-0.4, -0.2) is 30.4 Å². The van der Waals surface area contributed by atoms with E-state index in [0.29, 0.717) is 12.1 Å². The van der Waals surface area contributed by atoms with Crippen molar-refractivity contribution in [3.8, 4) is 0 Å². The number of likely N-dealkylation sites (tertiary alicyclic amines) is 1. The van der Waals surface area contributed by atoms with E-state index in [1.807, 2.05) is 12.1 Å². The molecule has 1 amide bonds. The normalized spacial score (nSPS) is 16.8. The van der Waals surface area contributed by atoms with Crippen LogP contribution in [0, 0.1) is 5.82 Å². The Morgan fingerprint density at radius 2 is 2.08 bits per heavy atom. The highest BCUT2D eigenvalue weighted by molar-refractivity contribution is 5.91. The third-order valence-corrected chi connectivity index (χ3v) is 4.45. The molecule has 4 nitrogen and oxygen atoms in total. The minimum atomic E-state index is -0.314. The second kappa shape index (κ2) is 8.62. The molecule has 2 heterocycles. The van der Waals surface area contributed by atoms with Crippen molar-refractivity contribution in [2.24, 2.45) is 0 Å². The van der Waals surface area contributed by atoms with Crippen LogP contribution in [0.5, 0.6) is 0 Å². The SMILES string of the molecule is O=C(/C=C/c1cccc(F)c1)NCC(c1ccco1)N1CCCCC1. The van der Waals surface area contributed by atoms with Gasteiger partial charge in [-0.1, -0.05) is 18.6 Å². The van der Waals surface area contributed by atoms with Crippen molar-refractivity contribution in [2.75, 3.05) is 19.6 Å². The van der Waals surface area contributed by atoms with Crippen molar-refractivity contribution >= 4 is 12.0 Å². The highest BCUT2D eigenvalue weighted by Crippen LogP contribution is 2.24. The van der Waals surface area contributed by atoms with Gasteiger partial charge < -0.3 is 9.73 Å². The van der Waals surface area contributed by atoms with E-state index in [0.717, 1.165) is 18.8 Å². The van der Waals surface area contributed by atoms with Crippen molar-refractivity contribution in [2.45, 2.75) is 25.3 Å². The summed E-state index contributed by atoms with van der Waals surface area (Å²) < 4.78 is 18.7. The Labute approximate surface area is 147 Å². The number of furan rings is 1. The summed E-state index contributed by atoms with van der Waals surface area (Å²) in [7, 11) is 0. The van der Waals surface area contributed by atoms with Crippen LogP contribution < -0.4 is 5.32 Å². The molecule has 0 spiro atoms. The first-order valence-electron chi connectivity index (χ1n) is 8.71. The smallest absolute Gasteiger partial charge is 0.244 e. The van der Waals surface area contributed by atoms with E-state index >= 15 is 0 Å². The van der Waals surface area contributed by atoms with Gasteiger partial charge in [-0.2, -0.15) is 0 Å². The van der Waals surface area contributed by atoms with E-state index in [2.05, 4.69) is 10.2 Å². The highest BCUT2D eigenvalue weighted by Gasteiger charge is 2.24. The second-order valence-electron chi connectivity index (χ2n) is 6.26. The largest absolute Gasteiger partial charge is 0.468 e. The third kappa shape index (κ3) is 5.03. The summed E-state index contributed by atoms with van der Waals surface area (Å²) in [6.45, 7) is 2.51. The first-order valence-corrected chi connectivity index (χ1v) is 8.71. The van der Waals surface area contributed by atoms with Gasteiger partial charge in [0.2, 0.25) is 5.91 Å². The molecule has 2 aromatic rings. The molecule has 0 bridgehead atoms. The zero-order chi connectivity index (χ0) is 17.5. The lowest BCUT2D eigenvalue weighted by Crippen LogP contribution is -2.40. The number of halogens is 1. The van der Waals surface area contributed by atoms with Crippen LogP contribution in [0.15, 0.2) is 53.2 Å². The molecule has 3 rings (SSSR count). The van der Waals surface area contributed by atoms with Crippen LogP contribution in [-0.2, 0) is 4.79 Å². The molecule has 1 aliphatic rings. The van der Waals surface area contributed by atoms with Crippen molar-refractivity contribution in [1.82, 2.24) is 10.2 Å². The summed E-state index contributed by atoms with van der Waals surface area (Å²) in [5.74, 6) is 0.361. The predicted octanol–water partition coefficient (Wildman–Crippen LogP) is 3.78. The fraction of sp³-hybridized carbons (Fsp3) is 0.350. The lowest BCUT2D eigenvalue weighted by molar-refractivity contribution is -0.116. The van der Waals surface area contributed by atoms with Crippen molar-refractivity contribution in [1.29, 1.82) is 0 Å². The standard InChI is InChI=1S/C20H23FN2O2/c21-17-7-4-6-16(14-17)9-10-20(24)22-15-18(19-8-5-13-25-19)23-11-2-1-3-12-23/h4-10,13-14,18H,1-3,11-12,15H2,(H,22,24)/b10-9+. The zero-order valence-electron chi connectivity index (χ0n) is 14.2. The summed E-state index contributed by atoms with van der Waals surface area (Å²) in [6.07, 6.45) is 8.31. The van der Waals surface area contributed by atoms with Crippen LogP contribution in [0.2, 0.25) is 0 Å². The van der Waals surface area contributed by atoms with E-state index < -0.39 is 0 Å². The number of carbonyl (C=O) groups excluding carboxylic acids is 1. The maximum Gasteiger partial charge on any atom is 0.244 e. The molecular formula is C20H23FN2O2. The number of amides is 1. The van der Waals surface area contributed by atoms with Gasteiger partial charge in [0, 0.05) is 12.6 Å². The Morgan fingerprint density at radius 3 is 2.80 bits per heavy atom. The second-order valence-corrected chi connectivity index (χ2v) is 6.26. The molecule has 1 N–H and O–H groups in total. The highest BCUT2D eigenvalue weighted by atomic mass is 19.1. The topological polar surface area (TPSA) is 45.5 Å². The molecule has 1 saturated heterocycles. The maximum absolute atomic E-state index is 13.2. The third-order valence-electron chi connectivity index (χ3n) is 4.45. The Kier molecular flexibility index (Phi) is 6.01. The summed E-state index contributed by atoms with van der Waals surface area (Å²) >= 11 is 0. The molecule has 132 valence electrons. The van der Waals surface area contributed by atoms with Gasteiger partial charge in [-0.25, -0.2) is 4.39 Å². The molecule has 1 atom stereocenters. The lowest BCUT2D eigenvalue weighted by atomic mass is 10.1. The Bertz CT molecular complexity index is 706. The number of nitrogens with zero attached hydrogens (tertiary/aromatic N) is 1. The summed E-state index contributed by atoms with van der Waals surface area (Å²) in [5.41, 5.74) is 0.661. The average Bonchev–Trinajstić information content (AvgIpc) is 3.15. The molecule has 1 unspecified atom stereocenters. The van der Waals surface area contributed by atoms with Gasteiger partial charge in [0.25, 0.3) is 0 Å². The average molecular weight is 342 g/mol. The zero-order valence-corrected chi connectivity index (χ0v) is 14.2. The molecule has 1 aromatic heterocycles. The molecule has 1 aromatic carbocycles. The predicted molar refractivity (Wildman–Crippen MR) is 95.3 cm³/mol. The van der Waals surface area contributed by atoms with Crippen LogP contribution in [0.4, 0.5) is 4.39 Å². The molecule has 1 aliphatic heterocycles. The maximum atomic E-state index is 13.2. The van der Waals surface area contributed by atoms with E-state index in [1.54, 1.807) is 24.5 Å². The van der Waals surface area contributed by atoms with Crippen LogP contribution in [0.25, 0.3) is 6.08 Å². The number of piperidine rings is 1. The fourth-order valence-corrected chi connectivity index (χ4v) is 3.16. The molecular weight excluding hydrogens is 319 g/mol. The van der Waals surface area contributed by atoms with Gasteiger partial charge in [0.1, 0.15) is 11.6 Å². The first-order chi connectivity index (χ1) is 12.2. The number of hydrogen-bond donors (Lipinski definition) is 1. The molecule has 25 heavy (non-hydrogen) atoms. The van der Waals surface area contributed by atoms with Crippen molar-refractivity contribution in [3.63, 3.8) is 0 Å². The monoisotopic (exact) mass is 342 g/mol. The minimum Gasteiger partial charge on any atom is -0.468 e. The minimum absolute atomic E-state index is 0.0434. The molecule has 0 aliphatic carbocycles. The van der Waals surface area contributed by atoms with Crippen molar-refractivity contribution in [3.05, 3.63) is 65.9 Å². The van der Waals surface area contributed by atoms with E-state index in [4.69, 9.17) is 4.42 Å². The Balaban J connectivity index is 1.59. The van der Waals surface area contributed by atoms with Gasteiger partial charge in [-0.3, -0.25) is 9.69 Å². The van der Waals surface area contributed by atoms with E-state index in [9.17, 15) is 9.18 Å². The van der Waals surface area contributed by atoms with Crippen molar-refractivity contribution < 1.29 is 13.6 Å². The number of hydrogen-bond acceptors (Lipinski definition) is 3. The van der Waals surface area contributed by atoms with Gasteiger partial charge in [0.15, 0.2) is 0 Å². The van der Waals surface area contributed by atoms with Gasteiger partial charge in [-0.05, 0) is 61.8 Å². The van der Waals surface area contributed by atoms with Crippen LogP contribution >= 0.6 is 0 Å². The summed E-state index contributed by atoms with van der Waals surface area (Å²) in [5, 5.41) is 2.93. The Hall–Kier alpha value is -2.40. The van der Waals surface area contributed by atoms with Gasteiger partial charge in [0.05, 0.1) is 12.3 Å². The number of benzene rings is 1. The van der Waals surface area contributed by atoms with E-state index in [-0.39, 0.29) is 17.8 Å². The number of carbonyl (C=O) groups is 1. The van der Waals surface area contributed by atoms with Crippen LogP contribution in [0.3, 0.4) is 0 Å². The quantitative estimate of drug-likeness (QED) is 0.813. The van der Waals surface area contributed by atoms with E-state index in [1.165, 1.54) is 37.5 Å². The fourth-order valence-electron chi connectivity index (χ4n) is 3.16. The number of nitrogens with one attached hydrogen (secondary N) is 1. The van der Waals surface area contributed by atoms with Crippen LogP contribution in [0.1, 0.15) is 36.6 Å².